The monoisotopic (exact) mass is 211 g/mol. The van der Waals surface area contributed by atoms with Crippen LogP contribution in [0.2, 0.25) is 0 Å². The van der Waals surface area contributed by atoms with Crippen molar-refractivity contribution in [3.63, 3.8) is 0 Å². The Balaban J connectivity index is 3.05. The maximum absolute atomic E-state index is 12.8. The van der Waals surface area contributed by atoms with E-state index >= 15 is 0 Å². The summed E-state index contributed by atoms with van der Waals surface area (Å²) in [6.07, 6.45) is -3.44. The SMILES string of the molecule is COc1cncc(F)c1OC(F)(F)F. The van der Waals surface area contributed by atoms with E-state index in [2.05, 4.69) is 14.5 Å². The molecule has 0 fully saturated rings. The molecule has 1 aromatic rings. The van der Waals surface area contributed by atoms with Crippen molar-refractivity contribution in [2.45, 2.75) is 6.36 Å². The molecule has 0 radical (unpaired) electrons. The summed E-state index contributed by atoms with van der Waals surface area (Å²) >= 11 is 0. The van der Waals surface area contributed by atoms with Crippen molar-refractivity contribution in [3.05, 3.63) is 18.2 Å². The smallest absolute Gasteiger partial charge is 0.491 e. The van der Waals surface area contributed by atoms with Crippen molar-refractivity contribution >= 4 is 0 Å². The van der Waals surface area contributed by atoms with Gasteiger partial charge < -0.3 is 9.47 Å². The number of rotatable bonds is 2. The molecule has 0 unspecified atom stereocenters. The van der Waals surface area contributed by atoms with Gasteiger partial charge in [-0.25, -0.2) is 4.39 Å². The molecule has 0 saturated carbocycles. The van der Waals surface area contributed by atoms with Gasteiger partial charge in [-0.3, -0.25) is 4.98 Å². The molecule has 0 aliphatic rings. The van der Waals surface area contributed by atoms with E-state index in [4.69, 9.17) is 0 Å². The Kier molecular flexibility index (Phi) is 2.78. The van der Waals surface area contributed by atoms with E-state index in [9.17, 15) is 17.6 Å². The highest BCUT2D eigenvalue weighted by atomic mass is 19.4. The van der Waals surface area contributed by atoms with Crippen LogP contribution in [0.25, 0.3) is 0 Å². The number of methoxy groups -OCH3 is 1. The van der Waals surface area contributed by atoms with Crippen LogP contribution in [0.4, 0.5) is 17.6 Å². The van der Waals surface area contributed by atoms with Crippen LogP contribution in [-0.4, -0.2) is 18.5 Å². The van der Waals surface area contributed by atoms with Crippen molar-refractivity contribution in [2.75, 3.05) is 7.11 Å². The molecular weight excluding hydrogens is 206 g/mol. The minimum absolute atomic E-state index is 0.415. The molecule has 14 heavy (non-hydrogen) atoms. The van der Waals surface area contributed by atoms with Crippen LogP contribution in [0.5, 0.6) is 11.5 Å². The molecule has 0 aliphatic carbocycles. The Morgan fingerprint density at radius 2 is 1.93 bits per heavy atom. The molecule has 1 heterocycles. The third-order valence-corrected chi connectivity index (χ3v) is 1.26. The predicted octanol–water partition coefficient (Wildman–Crippen LogP) is 2.13. The van der Waals surface area contributed by atoms with Gasteiger partial charge in [-0.2, -0.15) is 0 Å². The Labute approximate surface area is 76.3 Å². The number of hydrogen-bond acceptors (Lipinski definition) is 3. The second-order valence-electron chi connectivity index (χ2n) is 2.20. The summed E-state index contributed by atoms with van der Waals surface area (Å²) in [6.45, 7) is 0. The third-order valence-electron chi connectivity index (χ3n) is 1.26. The first-order chi connectivity index (χ1) is 6.44. The largest absolute Gasteiger partial charge is 0.573 e. The van der Waals surface area contributed by atoms with Gasteiger partial charge in [-0.15, -0.1) is 13.2 Å². The predicted molar refractivity (Wildman–Crippen MR) is 37.4 cm³/mol. The van der Waals surface area contributed by atoms with Crippen LogP contribution in [0.1, 0.15) is 0 Å². The van der Waals surface area contributed by atoms with Crippen LogP contribution in [0.3, 0.4) is 0 Å². The second kappa shape index (κ2) is 3.69. The molecule has 0 bridgehead atoms. The first-order valence-electron chi connectivity index (χ1n) is 3.37. The zero-order valence-corrected chi connectivity index (χ0v) is 6.93. The van der Waals surface area contributed by atoms with E-state index in [1.54, 1.807) is 0 Å². The molecule has 3 nitrogen and oxygen atoms in total. The highest BCUT2D eigenvalue weighted by molar-refractivity contribution is 5.37. The van der Waals surface area contributed by atoms with Crippen LogP contribution in [-0.2, 0) is 0 Å². The number of aromatic nitrogens is 1. The van der Waals surface area contributed by atoms with Crippen molar-refractivity contribution < 1.29 is 27.0 Å². The molecule has 7 heteroatoms. The summed E-state index contributed by atoms with van der Waals surface area (Å²) in [4.78, 5) is 3.30. The fourth-order valence-electron chi connectivity index (χ4n) is 0.766. The highest BCUT2D eigenvalue weighted by Crippen LogP contribution is 2.33. The van der Waals surface area contributed by atoms with Gasteiger partial charge in [0.2, 0.25) is 5.75 Å². The molecular formula is C7H5F4NO2. The van der Waals surface area contributed by atoms with Crippen molar-refractivity contribution in [2.24, 2.45) is 0 Å². The summed E-state index contributed by atoms with van der Waals surface area (Å²) < 4.78 is 56.0. The van der Waals surface area contributed by atoms with Gasteiger partial charge in [0.1, 0.15) is 0 Å². The minimum atomic E-state index is -4.96. The number of halogens is 4. The van der Waals surface area contributed by atoms with Crippen molar-refractivity contribution in [1.29, 1.82) is 0 Å². The van der Waals surface area contributed by atoms with Crippen LogP contribution >= 0.6 is 0 Å². The first kappa shape index (κ1) is 10.6. The molecule has 1 aromatic heterocycles. The topological polar surface area (TPSA) is 31.4 Å². The van der Waals surface area contributed by atoms with E-state index in [0.717, 1.165) is 13.3 Å². The first-order valence-corrected chi connectivity index (χ1v) is 3.37. The van der Waals surface area contributed by atoms with Crippen molar-refractivity contribution in [1.82, 2.24) is 4.98 Å². The molecule has 78 valence electrons. The second-order valence-corrected chi connectivity index (χ2v) is 2.20. The lowest BCUT2D eigenvalue weighted by Crippen LogP contribution is -2.18. The van der Waals surface area contributed by atoms with E-state index in [1.807, 2.05) is 0 Å². The van der Waals surface area contributed by atoms with Crippen molar-refractivity contribution in [3.8, 4) is 11.5 Å². The van der Waals surface area contributed by atoms with Gasteiger partial charge >= 0.3 is 6.36 Å². The lowest BCUT2D eigenvalue weighted by atomic mass is 10.4. The van der Waals surface area contributed by atoms with Gasteiger partial charge in [0.15, 0.2) is 11.6 Å². The standard InChI is InChI=1S/C7H5F4NO2/c1-13-5-3-12-2-4(8)6(5)14-7(9,10)11/h2-3H,1H3. The highest BCUT2D eigenvalue weighted by Gasteiger charge is 2.34. The Bertz CT molecular complexity index is 326. The average molecular weight is 211 g/mol. The molecule has 1 rings (SSSR count). The minimum Gasteiger partial charge on any atom is -0.491 e. The van der Waals surface area contributed by atoms with E-state index in [-0.39, 0.29) is 0 Å². The maximum atomic E-state index is 12.8. The molecule has 0 saturated heterocycles. The molecule has 0 amide bonds. The van der Waals surface area contributed by atoms with Gasteiger partial charge in [0.25, 0.3) is 0 Å². The van der Waals surface area contributed by atoms with Crippen LogP contribution < -0.4 is 9.47 Å². The van der Waals surface area contributed by atoms with Gasteiger partial charge in [0.05, 0.1) is 19.5 Å². The number of pyridine rings is 1. The number of hydrogen-bond donors (Lipinski definition) is 0. The summed E-state index contributed by atoms with van der Waals surface area (Å²) in [7, 11) is 1.08. The Morgan fingerprint density at radius 3 is 2.43 bits per heavy atom. The third kappa shape index (κ3) is 2.48. The molecule has 0 aromatic carbocycles. The Hall–Kier alpha value is -1.53. The summed E-state index contributed by atoms with van der Waals surface area (Å²) in [5.74, 6) is -2.67. The van der Waals surface area contributed by atoms with Gasteiger partial charge in [-0.05, 0) is 0 Å². The quantitative estimate of drug-likeness (QED) is 0.702. The van der Waals surface area contributed by atoms with E-state index in [0.29, 0.717) is 6.20 Å². The number of ether oxygens (including phenoxy) is 2. The summed E-state index contributed by atoms with van der Waals surface area (Å²) in [5.41, 5.74) is 0. The summed E-state index contributed by atoms with van der Waals surface area (Å²) in [6, 6.07) is 0. The summed E-state index contributed by atoms with van der Waals surface area (Å²) in [5, 5.41) is 0. The van der Waals surface area contributed by atoms with E-state index < -0.39 is 23.7 Å². The molecule has 0 aliphatic heterocycles. The Morgan fingerprint density at radius 1 is 1.29 bits per heavy atom. The van der Waals surface area contributed by atoms with Crippen LogP contribution in [0, 0.1) is 5.82 Å². The average Bonchev–Trinajstić information content (AvgIpc) is 2.06. The zero-order valence-electron chi connectivity index (χ0n) is 6.93. The number of alkyl halides is 3. The molecule has 0 N–H and O–H groups in total. The van der Waals surface area contributed by atoms with Crippen LogP contribution in [0.15, 0.2) is 12.4 Å². The lowest BCUT2D eigenvalue weighted by molar-refractivity contribution is -0.276. The lowest BCUT2D eigenvalue weighted by Gasteiger charge is -2.11. The normalized spacial score (nSPS) is 11.2. The fraction of sp³-hybridized carbons (Fsp3) is 0.286. The van der Waals surface area contributed by atoms with E-state index in [1.165, 1.54) is 0 Å². The van der Waals surface area contributed by atoms with Gasteiger partial charge in [0, 0.05) is 0 Å². The number of nitrogens with zero attached hydrogens (tertiary/aromatic N) is 1. The molecule has 0 spiro atoms. The maximum Gasteiger partial charge on any atom is 0.573 e. The zero-order chi connectivity index (χ0) is 10.8. The van der Waals surface area contributed by atoms with Gasteiger partial charge in [-0.1, -0.05) is 0 Å². The fourth-order valence-corrected chi connectivity index (χ4v) is 0.766. The molecule has 0 atom stereocenters.